The van der Waals surface area contributed by atoms with E-state index in [1.54, 1.807) is 7.11 Å². The number of benzene rings is 2. The Morgan fingerprint density at radius 1 is 1.06 bits per heavy atom. The van der Waals surface area contributed by atoms with Gasteiger partial charge >= 0.3 is 5.97 Å². The molecule has 3 aliphatic rings. The van der Waals surface area contributed by atoms with Crippen molar-refractivity contribution in [3.05, 3.63) is 81.9 Å². The quantitative estimate of drug-likeness (QED) is 0.374. The zero-order chi connectivity index (χ0) is 23.9. The summed E-state index contributed by atoms with van der Waals surface area (Å²) >= 11 is 0. The third-order valence-electron chi connectivity index (χ3n) is 7.57. The predicted octanol–water partition coefficient (Wildman–Crippen LogP) is 3.44. The van der Waals surface area contributed by atoms with Crippen LogP contribution >= 0.6 is 0 Å². The zero-order valence-electron chi connectivity index (χ0n) is 19.1. The fourth-order valence-corrected chi connectivity index (χ4v) is 6.01. The first kappa shape index (κ1) is 22.9. The van der Waals surface area contributed by atoms with Gasteiger partial charge in [-0.15, -0.1) is 0 Å². The van der Waals surface area contributed by atoms with Gasteiger partial charge in [0, 0.05) is 43.1 Å². The second-order valence-electron chi connectivity index (χ2n) is 9.17. The summed E-state index contributed by atoms with van der Waals surface area (Å²) in [6, 6.07) is 18.2. The van der Waals surface area contributed by atoms with E-state index in [9.17, 15) is 14.9 Å². The zero-order valence-corrected chi connectivity index (χ0v) is 19.1. The summed E-state index contributed by atoms with van der Waals surface area (Å²) in [5.41, 5.74) is 1.87. The molecule has 5 rings (SSSR count). The van der Waals surface area contributed by atoms with Crippen molar-refractivity contribution in [2.75, 3.05) is 14.2 Å². The maximum absolute atomic E-state index is 12.3. The van der Waals surface area contributed by atoms with Crippen LogP contribution in [-0.2, 0) is 23.9 Å². The van der Waals surface area contributed by atoms with Crippen molar-refractivity contribution in [2.45, 2.75) is 55.1 Å². The molecule has 180 valence electrons. The molecule has 2 aromatic rings. The van der Waals surface area contributed by atoms with Crippen molar-refractivity contribution in [1.82, 2.24) is 5.23 Å². The smallest absolute Gasteiger partial charge is 0.337 e. The average Bonchev–Trinajstić information content (AvgIpc) is 3.30. The van der Waals surface area contributed by atoms with Crippen LogP contribution in [0.4, 0.5) is 0 Å². The Morgan fingerprint density at radius 3 is 2.29 bits per heavy atom. The van der Waals surface area contributed by atoms with Gasteiger partial charge in [-0.05, 0) is 11.1 Å². The highest BCUT2D eigenvalue weighted by molar-refractivity contribution is 5.74. The van der Waals surface area contributed by atoms with Gasteiger partial charge in [0.2, 0.25) is 6.04 Å². The summed E-state index contributed by atoms with van der Waals surface area (Å²) in [7, 11) is 2.89. The number of nitro groups is 1. The highest BCUT2D eigenvalue weighted by Crippen LogP contribution is 2.57. The number of nitrogens with zero attached hydrogens (tertiary/aromatic N) is 2. The second-order valence-corrected chi connectivity index (χ2v) is 9.17. The maximum Gasteiger partial charge on any atom is 0.337 e. The highest BCUT2D eigenvalue weighted by atomic mass is 17.0. The predicted molar refractivity (Wildman–Crippen MR) is 120 cm³/mol. The second kappa shape index (κ2) is 9.07. The molecule has 2 saturated heterocycles. The monoisotopic (exact) mass is 468 g/mol. The number of hydroxylamine groups is 2. The molecule has 0 bridgehead atoms. The van der Waals surface area contributed by atoms with Gasteiger partial charge in [-0.2, -0.15) is 0 Å². The fraction of sp³-hybridized carbons (Fsp3) is 0.480. The Kier molecular flexibility index (Phi) is 6.11. The van der Waals surface area contributed by atoms with Crippen molar-refractivity contribution >= 4 is 5.97 Å². The Morgan fingerprint density at radius 2 is 1.71 bits per heavy atom. The van der Waals surface area contributed by atoms with Crippen LogP contribution in [-0.4, -0.2) is 54.3 Å². The maximum atomic E-state index is 12.3. The van der Waals surface area contributed by atoms with Crippen molar-refractivity contribution in [3.63, 3.8) is 0 Å². The molecule has 9 heteroatoms. The van der Waals surface area contributed by atoms with E-state index in [4.69, 9.17) is 19.1 Å². The number of ether oxygens (including phenoxy) is 2. The van der Waals surface area contributed by atoms with Crippen molar-refractivity contribution < 1.29 is 28.9 Å². The van der Waals surface area contributed by atoms with Crippen LogP contribution < -0.4 is 0 Å². The van der Waals surface area contributed by atoms with Crippen LogP contribution in [0.25, 0.3) is 0 Å². The molecule has 2 heterocycles. The van der Waals surface area contributed by atoms with Crippen LogP contribution in [0.15, 0.2) is 60.7 Å². The molecule has 9 nitrogen and oxygen atoms in total. The van der Waals surface area contributed by atoms with Gasteiger partial charge in [0.05, 0.1) is 19.1 Å². The Labute approximate surface area is 197 Å². The third kappa shape index (κ3) is 3.78. The molecule has 0 radical (unpaired) electrons. The van der Waals surface area contributed by atoms with Crippen LogP contribution in [0, 0.1) is 16.0 Å². The molecule has 34 heavy (non-hydrogen) atoms. The van der Waals surface area contributed by atoms with Crippen molar-refractivity contribution in [2.24, 2.45) is 5.92 Å². The first-order chi connectivity index (χ1) is 16.5. The number of esters is 1. The van der Waals surface area contributed by atoms with E-state index in [0.29, 0.717) is 6.42 Å². The molecule has 2 unspecified atom stereocenters. The van der Waals surface area contributed by atoms with Crippen LogP contribution in [0.5, 0.6) is 0 Å². The van der Waals surface area contributed by atoms with Crippen LogP contribution in [0.2, 0.25) is 0 Å². The molecule has 1 saturated carbocycles. The number of hydrogen-bond acceptors (Lipinski definition) is 8. The number of fused-ring (bicyclic) bond motifs is 2. The number of methoxy groups -OCH3 is 2. The minimum Gasteiger partial charge on any atom is -0.467 e. The molecule has 1 aliphatic carbocycles. The van der Waals surface area contributed by atoms with E-state index in [-0.39, 0.29) is 35.6 Å². The Balaban J connectivity index is 1.59. The van der Waals surface area contributed by atoms with Crippen LogP contribution in [0.3, 0.4) is 0 Å². The Bertz CT molecular complexity index is 1040. The lowest BCUT2D eigenvalue weighted by atomic mass is 9.63. The molecular weight excluding hydrogens is 440 g/mol. The standard InChI is InChI=1S/C25H28N2O7/c1-31-24(28)22-14-21-23(17-11-7-4-8-12-17)19-13-20(26(29)30)18(16-9-5-3-6-10-16)15-25(19,32-2)34-27(21)33-22/h3-12,18-23H,13-15H2,1-2H3/t18-,19+,20+,21?,22?,23+,25+/m1/s1. The summed E-state index contributed by atoms with van der Waals surface area (Å²) in [5.74, 6) is -2.57. The number of carbonyl (C=O) groups is 1. The lowest BCUT2D eigenvalue weighted by molar-refractivity contribution is -0.552. The van der Waals surface area contributed by atoms with E-state index in [0.717, 1.165) is 11.1 Å². The summed E-state index contributed by atoms with van der Waals surface area (Å²) < 4.78 is 11.0. The minimum absolute atomic E-state index is 0.173. The Hall–Kier alpha value is -2.85. The van der Waals surface area contributed by atoms with Gasteiger partial charge < -0.3 is 9.47 Å². The van der Waals surface area contributed by atoms with E-state index in [1.165, 1.54) is 12.3 Å². The van der Waals surface area contributed by atoms with Gasteiger partial charge in [-0.3, -0.25) is 15.0 Å². The molecule has 3 fully saturated rings. The van der Waals surface area contributed by atoms with Crippen LogP contribution in [0.1, 0.15) is 42.2 Å². The van der Waals surface area contributed by atoms with Crippen molar-refractivity contribution in [1.29, 1.82) is 0 Å². The van der Waals surface area contributed by atoms with Gasteiger partial charge in [-0.1, -0.05) is 65.9 Å². The van der Waals surface area contributed by atoms with E-state index < -0.39 is 29.8 Å². The molecule has 0 spiro atoms. The van der Waals surface area contributed by atoms with E-state index in [1.807, 2.05) is 60.7 Å². The lowest BCUT2D eigenvalue weighted by Crippen LogP contribution is -2.63. The first-order valence-corrected chi connectivity index (χ1v) is 11.5. The normalized spacial score (nSPS) is 35.2. The molecule has 7 atom stereocenters. The first-order valence-electron chi connectivity index (χ1n) is 11.5. The largest absolute Gasteiger partial charge is 0.467 e. The summed E-state index contributed by atoms with van der Waals surface area (Å²) in [6.45, 7) is 0. The summed E-state index contributed by atoms with van der Waals surface area (Å²) in [5, 5.41) is 13.7. The van der Waals surface area contributed by atoms with Crippen molar-refractivity contribution in [3.8, 4) is 0 Å². The summed E-state index contributed by atoms with van der Waals surface area (Å²) in [6.07, 6.45) is 0.0929. The minimum atomic E-state index is -1.16. The van der Waals surface area contributed by atoms with Gasteiger partial charge in [0.25, 0.3) is 0 Å². The van der Waals surface area contributed by atoms with E-state index >= 15 is 0 Å². The van der Waals surface area contributed by atoms with Gasteiger partial charge in [0.1, 0.15) is 0 Å². The molecule has 0 N–H and O–H groups in total. The van der Waals surface area contributed by atoms with E-state index in [2.05, 4.69) is 0 Å². The molecule has 0 amide bonds. The SMILES string of the molecule is COC(=O)C1CC2[C@@H](c3ccccc3)[C@@H]3C[C@H]([N+](=O)[O-])[C@@H](c4ccccc4)C[C@]3(OC)ON2O1. The molecular formula is C25H28N2O7. The fourth-order valence-electron chi connectivity index (χ4n) is 6.01. The average molecular weight is 469 g/mol. The van der Waals surface area contributed by atoms with Gasteiger partial charge in [-0.25, -0.2) is 9.63 Å². The highest BCUT2D eigenvalue weighted by Gasteiger charge is 2.64. The molecule has 2 aromatic carbocycles. The summed E-state index contributed by atoms with van der Waals surface area (Å²) in [4.78, 5) is 36.7. The number of rotatable bonds is 5. The topological polar surface area (TPSA) is 100 Å². The number of carbonyl (C=O) groups excluding carboxylic acids is 1. The number of hydrogen-bond donors (Lipinski definition) is 0. The lowest BCUT2D eigenvalue weighted by Gasteiger charge is -2.54. The van der Waals surface area contributed by atoms with Gasteiger partial charge in [0.15, 0.2) is 11.9 Å². The molecule has 2 aliphatic heterocycles. The third-order valence-corrected chi connectivity index (χ3v) is 7.57. The molecule has 0 aromatic heterocycles.